The number of aryl methyl sites for hydroxylation is 1. The largest absolute Gasteiger partial charge is 0.492 e. The highest BCUT2D eigenvalue weighted by Gasteiger charge is 2.06. The Hall–Kier alpha value is -2.29. The highest BCUT2D eigenvalue weighted by Crippen LogP contribution is 2.17. The standard InChI is InChI=1S/C21H28N4O2.HI/c1-16-8-10-18(11-9-16)15-25(4)21(22-3)23-12-13-27-20-7-5-6-19(14-20)24-17(2)26;/h5-11,14H,12-13,15H2,1-4H3,(H,22,23)(H,24,26);1H. The minimum atomic E-state index is -0.103. The molecule has 0 heterocycles. The topological polar surface area (TPSA) is 66.0 Å². The third-order valence-corrected chi connectivity index (χ3v) is 3.92. The van der Waals surface area contributed by atoms with Crippen LogP contribution >= 0.6 is 24.0 Å². The number of aliphatic imine (C=N–C) groups is 1. The van der Waals surface area contributed by atoms with Crippen LogP contribution in [0.5, 0.6) is 5.75 Å². The van der Waals surface area contributed by atoms with E-state index in [0.29, 0.717) is 18.9 Å². The van der Waals surface area contributed by atoms with Crippen LogP contribution in [-0.2, 0) is 11.3 Å². The van der Waals surface area contributed by atoms with E-state index in [9.17, 15) is 4.79 Å². The Bertz CT molecular complexity index is 778. The molecule has 0 bridgehead atoms. The van der Waals surface area contributed by atoms with Crippen molar-refractivity contribution >= 4 is 41.5 Å². The maximum atomic E-state index is 11.1. The number of rotatable bonds is 7. The second-order valence-corrected chi connectivity index (χ2v) is 6.37. The van der Waals surface area contributed by atoms with Gasteiger partial charge in [0, 0.05) is 39.3 Å². The van der Waals surface area contributed by atoms with E-state index in [1.807, 2.05) is 25.2 Å². The summed E-state index contributed by atoms with van der Waals surface area (Å²) < 4.78 is 5.75. The molecular formula is C21H29IN4O2. The highest BCUT2D eigenvalue weighted by atomic mass is 127. The molecule has 0 unspecified atom stereocenters. The molecule has 2 aromatic rings. The molecule has 6 nitrogen and oxygen atoms in total. The maximum absolute atomic E-state index is 11.1. The molecule has 7 heteroatoms. The predicted octanol–water partition coefficient (Wildman–Crippen LogP) is 3.66. The van der Waals surface area contributed by atoms with Crippen molar-refractivity contribution in [3.63, 3.8) is 0 Å². The van der Waals surface area contributed by atoms with Crippen molar-refractivity contribution in [2.45, 2.75) is 20.4 Å². The summed E-state index contributed by atoms with van der Waals surface area (Å²) in [6.45, 7) is 5.45. The van der Waals surface area contributed by atoms with Gasteiger partial charge in [-0.3, -0.25) is 9.79 Å². The lowest BCUT2D eigenvalue weighted by atomic mass is 10.1. The van der Waals surface area contributed by atoms with Crippen LogP contribution in [0.4, 0.5) is 5.69 Å². The molecule has 0 saturated heterocycles. The zero-order valence-corrected chi connectivity index (χ0v) is 19.2. The molecule has 0 aromatic heterocycles. The van der Waals surface area contributed by atoms with Crippen LogP contribution in [0.1, 0.15) is 18.1 Å². The lowest BCUT2D eigenvalue weighted by Crippen LogP contribution is -2.40. The molecule has 0 aliphatic rings. The van der Waals surface area contributed by atoms with Gasteiger partial charge in [0.2, 0.25) is 5.91 Å². The number of nitrogens with one attached hydrogen (secondary N) is 2. The number of hydrogen-bond acceptors (Lipinski definition) is 3. The van der Waals surface area contributed by atoms with Crippen molar-refractivity contribution in [3.05, 3.63) is 59.7 Å². The summed E-state index contributed by atoms with van der Waals surface area (Å²) in [5.74, 6) is 1.42. The summed E-state index contributed by atoms with van der Waals surface area (Å²) in [6.07, 6.45) is 0. The average molecular weight is 496 g/mol. The lowest BCUT2D eigenvalue weighted by Gasteiger charge is -2.22. The molecule has 0 aliphatic heterocycles. The van der Waals surface area contributed by atoms with Gasteiger partial charge in [-0.2, -0.15) is 0 Å². The molecule has 0 spiro atoms. The number of guanidine groups is 1. The lowest BCUT2D eigenvalue weighted by molar-refractivity contribution is -0.114. The van der Waals surface area contributed by atoms with Gasteiger partial charge in [0.15, 0.2) is 5.96 Å². The van der Waals surface area contributed by atoms with Crippen LogP contribution in [0.2, 0.25) is 0 Å². The number of halogens is 1. The van der Waals surface area contributed by atoms with Gasteiger partial charge >= 0.3 is 0 Å². The normalized spacial score (nSPS) is 10.6. The quantitative estimate of drug-likeness (QED) is 0.266. The Morgan fingerprint density at radius 2 is 1.89 bits per heavy atom. The Kier molecular flexibility index (Phi) is 10.4. The van der Waals surface area contributed by atoms with E-state index in [0.717, 1.165) is 18.2 Å². The van der Waals surface area contributed by atoms with Gasteiger partial charge in [-0.05, 0) is 24.6 Å². The molecule has 0 radical (unpaired) electrons. The molecule has 152 valence electrons. The summed E-state index contributed by atoms with van der Waals surface area (Å²) in [7, 11) is 3.78. The average Bonchev–Trinajstić information content (AvgIpc) is 2.63. The Morgan fingerprint density at radius 3 is 2.54 bits per heavy atom. The number of amides is 1. The van der Waals surface area contributed by atoms with Crippen LogP contribution in [0, 0.1) is 6.92 Å². The van der Waals surface area contributed by atoms with E-state index in [-0.39, 0.29) is 29.9 Å². The van der Waals surface area contributed by atoms with E-state index in [1.54, 1.807) is 13.1 Å². The molecule has 1 amide bonds. The van der Waals surface area contributed by atoms with Gasteiger partial charge in [-0.1, -0.05) is 35.9 Å². The summed E-state index contributed by atoms with van der Waals surface area (Å²) in [5.41, 5.74) is 3.21. The van der Waals surface area contributed by atoms with Gasteiger partial charge < -0.3 is 20.3 Å². The van der Waals surface area contributed by atoms with Crippen molar-refractivity contribution in [1.29, 1.82) is 0 Å². The second-order valence-electron chi connectivity index (χ2n) is 6.37. The van der Waals surface area contributed by atoms with E-state index in [2.05, 4.69) is 51.7 Å². The van der Waals surface area contributed by atoms with E-state index in [4.69, 9.17) is 4.74 Å². The van der Waals surface area contributed by atoms with Gasteiger partial charge in [0.25, 0.3) is 0 Å². The predicted molar refractivity (Wildman–Crippen MR) is 126 cm³/mol. The fourth-order valence-electron chi connectivity index (χ4n) is 2.63. The molecule has 2 N–H and O–H groups in total. The first-order chi connectivity index (χ1) is 13.0. The van der Waals surface area contributed by atoms with Crippen molar-refractivity contribution in [1.82, 2.24) is 10.2 Å². The van der Waals surface area contributed by atoms with Gasteiger partial charge in [0.05, 0.1) is 6.54 Å². The smallest absolute Gasteiger partial charge is 0.221 e. The van der Waals surface area contributed by atoms with Crippen molar-refractivity contribution < 1.29 is 9.53 Å². The van der Waals surface area contributed by atoms with Crippen molar-refractivity contribution in [2.24, 2.45) is 4.99 Å². The summed E-state index contributed by atoms with van der Waals surface area (Å²) in [5, 5.41) is 6.04. The Morgan fingerprint density at radius 1 is 1.18 bits per heavy atom. The zero-order chi connectivity index (χ0) is 19.6. The van der Waals surface area contributed by atoms with Gasteiger partial charge in [-0.15, -0.1) is 24.0 Å². The SMILES string of the molecule is CN=C(NCCOc1cccc(NC(C)=O)c1)N(C)Cc1ccc(C)cc1.I. The minimum absolute atomic E-state index is 0. The fraction of sp³-hybridized carbons (Fsp3) is 0.333. The van der Waals surface area contributed by atoms with Gasteiger partial charge in [0.1, 0.15) is 12.4 Å². The number of hydrogen-bond donors (Lipinski definition) is 2. The first-order valence-electron chi connectivity index (χ1n) is 8.95. The number of benzene rings is 2. The second kappa shape index (κ2) is 12.2. The molecule has 0 aliphatic carbocycles. The minimum Gasteiger partial charge on any atom is -0.492 e. The third-order valence-electron chi connectivity index (χ3n) is 3.92. The summed E-state index contributed by atoms with van der Waals surface area (Å²) >= 11 is 0. The molecular weight excluding hydrogens is 467 g/mol. The first kappa shape index (κ1) is 23.7. The summed E-state index contributed by atoms with van der Waals surface area (Å²) in [6, 6.07) is 15.8. The molecule has 2 rings (SSSR count). The Balaban J connectivity index is 0.00000392. The van der Waals surface area contributed by atoms with E-state index >= 15 is 0 Å². The number of carbonyl (C=O) groups excluding carboxylic acids is 1. The zero-order valence-electron chi connectivity index (χ0n) is 16.9. The molecule has 0 fully saturated rings. The fourth-order valence-corrected chi connectivity index (χ4v) is 2.63. The first-order valence-corrected chi connectivity index (χ1v) is 8.95. The number of ether oxygens (including phenoxy) is 1. The molecule has 0 saturated carbocycles. The third kappa shape index (κ3) is 8.16. The Labute approximate surface area is 184 Å². The molecule has 0 atom stereocenters. The number of carbonyl (C=O) groups is 1. The van der Waals surface area contributed by atoms with Crippen LogP contribution in [0.15, 0.2) is 53.5 Å². The number of anilines is 1. The van der Waals surface area contributed by atoms with Crippen molar-refractivity contribution in [3.8, 4) is 5.75 Å². The molecule has 28 heavy (non-hydrogen) atoms. The highest BCUT2D eigenvalue weighted by molar-refractivity contribution is 14.0. The van der Waals surface area contributed by atoms with Crippen molar-refractivity contribution in [2.75, 3.05) is 32.6 Å². The van der Waals surface area contributed by atoms with Crippen LogP contribution in [0.3, 0.4) is 0 Å². The van der Waals surface area contributed by atoms with E-state index < -0.39 is 0 Å². The summed E-state index contributed by atoms with van der Waals surface area (Å²) in [4.78, 5) is 17.5. The molecule has 2 aromatic carbocycles. The maximum Gasteiger partial charge on any atom is 0.221 e. The van der Waals surface area contributed by atoms with Crippen LogP contribution < -0.4 is 15.4 Å². The number of nitrogens with zero attached hydrogens (tertiary/aromatic N) is 2. The van der Waals surface area contributed by atoms with Crippen LogP contribution in [-0.4, -0.2) is 44.0 Å². The van der Waals surface area contributed by atoms with Gasteiger partial charge in [-0.25, -0.2) is 0 Å². The van der Waals surface area contributed by atoms with Crippen LogP contribution in [0.25, 0.3) is 0 Å². The monoisotopic (exact) mass is 496 g/mol. The van der Waals surface area contributed by atoms with E-state index in [1.165, 1.54) is 18.1 Å².